The first kappa shape index (κ1) is 14.8. The number of amides is 1. The zero-order chi connectivity index (χ0) is 16.5. The van der Waals surface area contributed by atoms with Crippen LogP contribution < -0.4 is 14.8 Å². The maximum absolute atomic E-state index is 12.5. The summed E-state index contributed by atoms with van der Waals surface area (Å²) in [6.07, 6.45) is 3.31. The lowest BCUT2D eigenvalue weighted by molar-refractivity contribution is -0.122. The lowest BCUT2D eigenvalue weighted by atomic mass is 10.1. The largest absolute Gasteiger partial charge is 0.486 e. The molecule has 0 saturated carbocycles. The molecular weight excluding hydrogens is 328 g/mol. The lowest BCUT2D eigenvalue weighted by Gasteiger charge is -2.18. The second-order valence-electron chi connectivity index (χ2n) is 5.36. The maximum atomic E-state index is 12.5. The van der Waals surface area contributed by atoms with E-state index in [9.17, 15) is 4.79 Å². The SMILES string of the molecule is O=C1/C(=C\c2ccc3c(c2)OCCO3)NC(=S)N1Cc1ccco1. The van der Waals surface area contributed by atoms with Crippen molar-refractivity contribution in [2.24, 2.45) is 0 Å². The second-order valence-corrected chi connectivity index (χ2v) is 5.75. The molecule has 1 fully saturated rings. The molecule has 2 aromatic rings. The monoisotopic (exact) mass is 342 g/mol. The minimum atomic E-state index is -0.189. The van der Waals surface area contributed by atoms with Gasteiger partial charge in [-0.2, -0.15) is 0 Å². The van der Waals surface area contributed by atoms with Crippen molar-refractivity contribution in [3.05, 3.63) is 53.6 Å². The van der Waals surface area contributed by atoms with Crippen LogP contribution in [0.1, 0.15) is 11.3 Å². The molecular formula is C17H14N2O4S. The van der Waals surface area contributed by atoms with Crippen LogP contribution in [0.4, 0.5) is 0 Å². The molecule has 3 heterocycles. The van der Waals surface area contributed by atoms with Crippen LogP contribution in [0, 0.1) is 0 Å². The van der Waals surface area contributed by atoms with E-state index in [2.05, 4.69) is 5.32 Å². The summed E-state index contributed by atoms with van der Waals surface area (Å²) in [4.78, 5) is 14.0. The molecule has 2 aliphatic heterocycles. The molecule has 0 unspecified atom stereocenters. The third-order valence-electron chi connectivity index (χ3n) is 3.73. The van der Waals surface area contributed by atoms with E-state index < -0.39 is 0 Å². The molecule has 6 nitrogen and oxygen atoms in total. The van der Waals surface area contributed by atoms with E-state index in [1.54, 1.807) is 24.5 Å². The molecule has 24 heavy (non-hydrogen) atoms. The normalized spacial score (nSPS) is 18.2. The zero-order valence-corrected chi connectivity index (χ0v) is 13.5. The molecule has 0 radical (unpaired) electrons. The minimum absolute atomic E-state index is 0.189. The molecule has 0 spiro atoms. The fourth-order valence-corrected chi connectivity index (χ4v) is 2.85. The van der Waals surface area contributed by atoms with Crippen LogP contribution in [0.2, 0.25) is 0 Å². The molecule has 0 atom stereocenters. The van der Waals surface area contributed by atoms with Crippen molar-refractivity contribution >= 4 is 29.3 Å². The highest BCUT2D eigenvalue weighted by Gasteiger charge is 2.31. The van der Waals surface area contributed by atoms with Crippen molar-refractivity contribution in [3.8, 4) is 11.5 Å². The highest BCUT2D eigenvalue weighted by atomic mass is 32.1. The van der Waals surface area contributed by atoms with Gasteiger partial charge in [0.05, 0.1) is 12.8 Å². The van der Waals surface area contributed by atoms with E-state index in [4.69, 9.17) is 26.1 Å². The summed E-state index contributed by atoms with van der Waals surface area (Å²) >= 11 is 5.25. The van der Waals surface area contributed by atoms with E-state index in [-0.39, 0.29) is 5.91 Å². The Morgan fingerprint density at radius 3 is 2.83 bits per heavy atom. The number of fused-ring (bicyclic) bond motifs is 1. The molecule has 1 amide bonds. The first-order valence-electron chi connectivity index (χ1n) is 7.47. The van der Waals surface area contributed by atoms with E-state index in [0.29, 0.717) is 47.8 Å². The van der Waals surface area contributed by atoms with E-state index >= 15 is 0 Å². The third-order valence-corrected chi connectivity index (χ3v) is 4.06. The van der Waals surface area contributed by atoms with Gasteiger partial charge in [0.2, 0.25) is 0 Å². The quantitative estimate of drug-likeness (QED) is 0.682. The van der Waals surface area contributed by atoms with Crippen LogP contribution in [0.15, 0.2) is 46.7 Å². The Morgan fingerprint density at radius 2 is 2.04 bits per heavy atom. The number of carbonyl (C=O) groups is 1. The predicted octanol–water partition coefficient (Wildman–Crippen LogP) is 2.31. The van der Waals surface area contributed by atoms with Gasteiger partial charge in [0, 0.05) is 0 Å². The summed E-state index contributed by atoms with van der Waals surface area (Å²) in [5.74, 6) is 1.87. The van der Waals surface area contributed by atoms with Crippen LogP contribution in [-0.2, 0) is 11.3 Å². The fraction of sp³-hybridized carbons (Fsp3) is 0.176. The second kappa shape index (κ2) is 6.01. The van der Waals surface area contributed by atoms with Gasteiger partial charge in [-0.15, -0.1) is 0 Å². The Balaban J connectivity index is 1.57. The summed E-state index contributed by atoms with van der Waals surface area (Å²) in [6.45, 7) is 1.37. The number of rotatable bonds is 3. The third kappa shape index (κ3) is 2.74. The van der Waals surface area contributed by atoms with Gasteiger partial charge in [-0.05, 0) is 48.1 Å². The molecule has 4 rings (SSSR count). The molecule has 1 aromatic carbocycles. The van der Waals surface area contributed by atoms with Gasteiger partial charge < -0.3 is 19.2 Å². The molecule has 2 aliphatic rings. The smallest absolute Gasteiger partial charge is 0.276 e. The van der Waals surface area contributed by atoms with Gasteiger partial charge in [-0.25, -0.2) is 0 Å². The number of carbonyl (C=O) groups excluding carboxylic acids is 1. The van der Waals surface area contributed by atoms with Gasteiger partial charge in [0.1, 0.15) is 24.7 Å². The fourth-order valence-electron chi connectivity index (χ4n) is 2.59. The first-order chi connectivity index (χ1) is 11.7. The molecule has 0 bridgehead atoms. The Bertz CT molecular complexity index is 829. The zero-order valence-electron chi connectivity index (χ0n) is 12.7. The molecule has 1 N–H and O–H groups in total. The summed E-state index contributed by atoms with van der Waals surface area (Å²) in [6, 6.07) is 9.12. The summed E-state index contributed by atoms with van der Waals surface area (Å²) < 4.78 is 16.3. The molecule has 1 aromatic heterocycles. The van der Waals surface area contributed by atoms with Gasteiger partial charge >= 0.3 is 0 Å². The van der Waals surface area contributed by atoms with Crippen LogP contribution in [0.25, 0.3) is 6.08 Å². The van der Waals surface area contributed by atoms with E-state index in [0.717, 1.165) is 5.56 Å². The number of hydrogen-bond acceptors (Lipinski definition) is 5. The van der Waals surface area contributed by atoms with Crippen LogP contribution >= 0.6 is 12.2 Å². The van der Waals surface area contributed by atoms with Crippen molar-refractivity contribution in [3.63, 3.8) is 0 Å². The standard InChI is InChI=1S/C17H14N2O4S/c20-16-13(18-17(24)19(16)10-12-2-1-5-21-12)8-11-3-4-14-15(9-11)23-7-6-22-14/h1-5,8-9H,6-7,10H2,(H,18,24)/b13-8+. The van der Waals surface area contributed by atoms with Crippen molar-refractivity contribution in [1.82, 2.24) is 10.2 Å². The van der Waals surface area contributed by atoms with Crippen molar-refractivity contribution < 1.29 is 18.7 Å². The number of benzene rings is 1. The Hall–Kier alpha value is -2.80. The van der Waals surface area contributed by atoms with Gasteiger partial charge in [-0.1, -0.05) is 6.07 Å². The number of furan rings is 1. The predicted molar refractivity (Wildman–Crippen MR) is 90.4 cm³/mol. The average Bonchev–Trinajstić information content (AvgIpc) is 3.19. The number of hydrogen-bond donors (Lipinski definition) is 1. The van der Waals surface area contributed by atoms with Gasteiger partial charge in [-0.3, -0.25) is 9.69 Å². The highest BCUT2D eigenvalue weighted by molar-refractivity contribution is 7.80. The summed E-state index contributed by atoms with van der Waals surface area (Å²) in [5, 5.41) is 3.31. The first-order valence-corrected chi connectivity index (χ1v) is 7.88. The Labute approximate surface area is 143 Å². The van der Waals surface area contributed by atoms with Gasteiger partial charge in [0.15, 0.2) is 16.6 Å². The lowest BCUT2D eigenvalue weighted by Crippen LogP contribution is -2.29. The van der Waals surface area contributed by atoms with Crippen LogP contribution in [0.5, 0.6) is 11.5 Å². The summed E-state index contributed by atoms with van der Waals surface area (Å²) in [7, 11) is 0. The van der Waals surface area contributed by atoms with Crippen molar-refractivity contribution in [1.29, 1.82) is 0 Å². The molecule has 1 saturated heterocycles. The van der Waals surface area contributed by atoms with Crippen molar-refractivity contribution in [2.45, 2.75) is 6.54 Å². The molecule has 7 heteroatoms. The number of nitrogens with zero attached hydrogens (tertiary/aromatic N) is 1. The molecule has 0 aliphatic carbocycles. The summed E-state index contributed by atoms with van der Waals surface area (Å²) in [5.41, 5.74) is 1.25. The highest BCUT2D eigenvalue weighted by Crippen LogP contribution is 2.31. The van der Waals surface area contributed by atoms with Crippen LogP contribution in [0.3, 0.4) is 0 Å². The average molecular weight is 342 g/mol. The van der Waals surface area contributed by atoms with Crippen molar-refractivity contribution in [2.75, 3.05) is 13.2 Å². The Morgan fingerprint density at radius 1 is 1.21 bits per heavy atom. The Kier molecular flexibility index (Phi) is 3.70. The number of thiocarbonyl (C=S) groups is 1. The maximum Gasteiger partial charge on any atom is 0.276 e. The van der Waals surface area contributed by atoms with Crippen LogP contribution in [-0.4, -0.2) is 29.1 Å². The number of ether oxygens (including phenoxy) is 2. The molecule has 122 valence electrons. The van der Waals surface area contributed by atoms with E-state index in [1.807, 2.05) is 18.2 Å². The number of nitrogens with one attached hydrogen (secondary N) is 1. The topological polar surface area (TPSA) is 63.9 Å². The van der Waals surface area contributed by atoms with E-state index in [1.165, 1.54) is 4.90 Å². The minimum Gasteiger partial charge on any atom is -0.486 e. The van der Waals surface area contributed by atoms with Gasteiger partial charge in [0.25, 0.3) is 5.91 Å².